The van der Waals surface area contributed by atoms with Crippen molar-refractivity contribution in [3.05, 3.63) is 66.2 Å². The number of esters is 1. The quantitative estimate of drug-likeness (QED) is 0.590. The number of ketones is 1. The SMILES string of the molecule is CC(=O)OC([Se]c1ccccc1)C(=O)Cc1ccccc1. The normalized spacial score (nSPS) is 11.7. The van der Waals surface area contributed by atoms with Crippen molar-refractivity contribution in [2.75, 3.05) is 0 Å². The van der Waals surface area contributed by atoms with Gasteiger partial charge in [0.25, 0.3) is 0 Å². The van der Waals surface area contributed by atoms with E-state index in [-0.39, 0.29) is 27.2 Å². The molecule has 2 rings (SSSR count). The monoisotopic (exact) mass is 348 g/mol. The summed E-state index contributed by atoms with van der Waals surface area (Å²) < 4.78 is 6.27. The molecule has 0 aromatic heterocycles. The molecular formula is C17H16O3Se. The van der Waals surface area contributed by atoms with E-state index in [4.69, 9.17) is 4.74 Å². The molecular weight excluding hydrogens is 331 g/mol. The fraction of sp³-hybridized carbons (Fsp3) is 0.176. The Kier molecular flexibility index (Phi) is 5.73. The molecule has 0 amide bonds. The molecule has 2 aromatic carbocycles. The van der Waals surface area contributed by atoms with Crippen molar-refractivity contribution in [1.29, 1.82) is 0 Å². The van der Waals surface area contributed by atoms with Crippen molar-refractivity contribution in [1.82, 2.24) is 0 Å². The van der Waals surface area contributed by atoms with Gasteiger partial charge >= 0.3 is 130 Å². The van der Waals surface area contributed by atoms with E-state index >= 15 is 0 Å². The molecule has 0 fully saturated rings. The van der Waals surface area contributed by atoms with Gasteiger partial charge in [0.15, 0.2) is 0 Å². The number of rotatable bonds is 6. The fourth-order valence-corrected chi connectivity index (χ4v) is 3.82. The van der Waals surface area contributed by atoms with Crippen LogP contribution in [0.1, 0.15) is 12.5 Å². The Morgan fingerprint density at radius 1 is 1.00 bits per heavy atom. The van der Waals surface area contributed by atoms with Crippen LogP contribution in [0, 0.1) is 0 Å². The molecule has 2 aromatic rings. The average Bonchev–Trinajstić information content (AvgIpc) is 2.48. The molecule has 21 heavy (non-hydrogen) atoms. The molecule has 0 saturated heterocycles. The van der Waals surface area contributed by atoms with Crippen molar-refractivity contribution in [2.24, 2.45) is 0 Å². The summed E-state index contributed by atoms with van der Waals surface area (Å²) in [6, 6.07) is 19.2. The van der Waals surface area contributed by atoms with Gasteiger partial charge in [0, 0.05) is 0 Å². The molecule has 3 nitrogen and oxygen atoms in total. The van der Waals surface area contributed by atoms with Crippen LogP contribution in [0.4, 0.5) is 0 Å². The molecule has 0 heterocycles. The van der Waals surface area contributed by atoms with Gasteiger partial charge in [0.2, 0.25) is 0 Å². The van der Waals surface area contributed by atoms with Gasteiger partial charge in [-0.25, -0.2) is 0 Å². The zero-order chi connectivity index (χ0) is 15.1. The molecule has 0 spiro atoms. The summed E-state index contributed by atoms with van der Waals surface area (Å²) in [7, 11) is 0. The molecule has 0 bridgehead atoms. The van der Waals surface area contributed by atoms with E-state index < -0.39 is 11.0 Å². The predicted octanol–water partition coefficient (Wildman–Crippen LogP) is 1.72. The van der Waals surface area contributed by atoms with Gasteiger partial charge in [-0.05, 0) is 0 Å². The third-order valence-electron chi connectivity index (χ3n) is 2.74. The van der Waals surface area contributed by atoms with Gasteiger partial charge in [0.1, 0.15) is 0 Å². The van der Waals surface area contributed by atoms with Crippen molar-refractivity contribution in [3.8, 4) is 0 Å². The third-order valence-corrected chi connectivity index (χ3v) is 5.09. The van der Waals surface area contributed by atoms with E-state index in [0.29, 0.717) is 0 Å². The zero-order valence-corrected chi connectivity index (χ0v) is 13.4. The maximum atomic E-state index is 12.4. The maximum absolute atomic E-state index is 12.4. The number of hydrogen-bond donors (Lipinski definition) is 0. The summed E-state index contributed by atoms with van der Waals surface area (Å²) in [6.45, 7) is 1.34. The number of carbonyl (C=O) groups is 2. The van der Waals surface area contributed by atoms with Crippen molar-refractivity contribution in [3.63, 3.8) is 0 Å². The van der Waals surface area contributed by atoms with Gasteiger partial charge < -0.3 is 0 Å². The summed E-state index contributed by atoms with van der Waals surface area (Å²) >= 11 is -0.223. The summed E-state index contributed by atoms with van der Waals surface area (Å²) in [4.78, 5) is 23.6. The first-order chi connectivity index (χ1) is 10.1. The van der Waals surface area contributed by atoms with Crippen LogP contribution < -0.4 is 4.46 Å². The van der Waals surface area contributed by atoms with Crippen LogP contribution in [-0.2, 0) is 20.7 Å². The van der Waals surface area contributed by atoms with Gasteiger partial charge in [-0.3, -0.25) is 0 Å². The van der Waals surface area contributed by atoms with Crippen LogP contribution in [0.25, 0.3) is 0 Å². The Morgan fingerprint density at radius 2 is 1.57 bits per heavy atom. The minimum absolute atomic E-state index is 0.0553. The van der Waals surface area contributed by atoms with Crippen LogP contribution in [-0.4, -0.2) is 31.7 Å². The van der Waals surface area contributed by atoms with Crippen LogP contribution in [0.15, 0.2) is 60.7 Å². The summed E-state index contributed by atoms with van der Waals surface area (Å²) in [5.74, 6) is -0.473. The molecule has 0 N–H and O–H groups in total. The van der Waals surface area contributed by atoms with E-state index in [9.17, 15) is 9.59 Å². The number of ether oxygens (including phenoxy) is 1. The Morgan fingerprint density at radius 3 is 2.14 bits per heavy atom. The molecule has 0 aliphatic carbocycles. The van der Waals surface area contributed by atoms with E-state index in [1.54, 1.807) is 0 Å². The molecule has 0 aliphatic heterocycles. The van der Waals surface area contributed by atoms with E-state index in [2.05, 4.69) is 0 Å². The number of Topliss-reactive ketones (excluding diaryl/α,β-unsaturated/α-hetero) is 1. The Bertz CT molecular complexity index is 596. The van der Waals surface area contributed by atoms with Crippen molar-refractivity contribution >= 4 is 31.2 Å². The number of hydrogen-bond acceptors (Lipinski definition) is 3. The van der Waals surface area contributed by atoms with Crippen LogP contribution >= 0.6 is 0 Å². The van der Waals surface area contributed by atoms with E-state index in [0.717, 1.165) is 10.0 Å². The van der Waals surface area contributed by atoms with Gasteiger partial charge in [0.05, 0.1) is 0 Å². The first kappa shape index (κ1) is 15.5. The molecule has 108 valence electrons. The van der Waals surface area contributed by atoms with Crippen LogP contribution in [0.2, 0.25) is 0 Å². The third kappa shape index (κ3) is 5.18. The number of carbonyl (C=O) groups excluding carboxylic acids is 2. The Labute approximate surface area is 130 Å². The van der Waals surface area contributed by atoms with E-state index in [1.807, 2.05) is 60.7 Å². The second kappa shape index (κ2) is 7.77. The minimum atomic E-state index is -0.669. The number of benzene rings is 2. The zero-order valence-electron chi connectivity index (χ0n) is 11.7. The summed E-state index contributed by atoms with van der Waals surface area (Å²) in [5.41, 5.74) is 0.934. The molecule has 1 unspecified atom stereocenters. The second-order valence-electron chi connectivity index (χ2n) is 4.50. The first-order valence-corrected chi connectivity index (χ1v) is 8.45. The van der Waals surface area contributed by atoms with Crippen molar-refractivity contribution in [2.45, 2.75) is 18.3 Å². The predicted molar refractivity (Wildman–Crippen MR) is 82.5 cm³/mol. The first-order valence-electron chi connectivity index (χ1n) is 6.61. The van der Waals surface area contributed by atoms with Gasteiger partial charge in [-0.15, -0.1) is 0 Å². The average molecular weight is 347 g/mol. The summed E-state index contributed by atoms with van der Waals surface area (Å²) in [5, 5.41) is -0.669. The molecule has 0 aliphatic rings. The Hall–Kier alpha value is -1.90. The van der Waals surface area contributed by atoms with Crippen molar-refractivity contribution < 1.29 is 14.3 Å². The second-order valence-corrected chi connectivity index (χ2v) is 6.88. The van der Waals surface area contributed by atoms with Gasteiger partial charge in [-0.2, -0.15) is 0 Å². The fourth-order valence-electron chi connectivity index (χ4n) is 1.81. The van der Waals surface area contributed by atoms with Gasteiger partial charge in [-0.1, -0.05) is 0 Å². The topological polar surface area (TPSA) is 43.4 Å². The summed E-state index contributed by atoms with van der Waals surface area (Å²) in [6.07, 6.45) is 0.285. The molecule has 0 saturated carbocycles. The van der Waals surface area contributed by atoms with E-state index in [1.165, 1.54) is 6.92 Å². The molecule has 0 radical (unpaired) electrons. The molecule has 1 atom stereocenters. The van der Waals surface area contributed by atoms with Crippen LogP contribution in [0.3, 0.4) is 0 Å². The van der Waals surface area contributed by atoms with Crippen LogP contribution in [0.5, 0.6) is 0 Å². The molecule has 4 heteroatoms. The Balaban J connectivity index is 2.08. The standard InChI is InChI=1S/C17H16O3Se/c1-13(18)20-17(21-15-10-6-3-7-11-15)16(19)12-14-8-4-2-5-9-14/h2-11,17H,12H2,1H3.